The number of phosphoric ester groups is 1. The molecule has 64 heavy (non-hydrogen) atoms. The number of phosphoric acid groups is 1. The number of nitrogens with one attached hydrogen (secondary N) is 2. The van der Waals surface area contributed by atoms with Crippen LogP contribution in [0.4, 0.5) is 5.95 Å². The summed E-state index contributed by atoms with van der Waals surface area (Å²) >= 11 is 0. The van der Waals surface area contributed by atoms with Gasteiger partial charge >= 0.3 is 7.82 Å². The summed E-state index contributed by atoms with van der Waals surface area (Å²) in [4.78, 5) is 58.5. The molecule has 1 unspecified atom stereocenters. The number of ether oxygens (including phenoxy) is 3. The van der Waals surface area contributed by atoms with Gasteiger partial charge in [0.15, 0.2) is 32.3 Å². The van der Waals surface area contributed by atoms with Crippen molar-refractivity contribution in [1.29, 1.82) is 0 Å². The predicted molar refractivity (Wildman–Crippen MR) is 246 cm³/mol. The third kappa shape index (κ3) is 10.1. The summed E-state index contributed by atoms with van der Waals surface area (Å²) in [7, 11) is -7.82. The minimum absolute atomic E-state index is 0.0456. The molecule has 7 rings (SSSR count). The molecular weight excluding hydrogens is 854 g/mol. The molecule has 4 N–H and O–H groups in total. The second kappa shape index (κ2) is 18.7. The van der Waals surface area contributed by atoms with E-state index in [0.29, 0.717) is 11.7 Å². The Labute approximate surface area is 373 Å². The molecule has 0 aliphatic carbocycles. The molecule has 338 valence electrons. The Balaban J connectivity index is 1.34. The molecule has 1 saturated heterocycles. The maximum absolute atomic E-state index is 13.6. The monoisotopic (exact) mass is 909 g/mol. The van der Waals surface area contributed by atoms with Gasteiger partial charge in [-0.15, -0.1) is 0 Å². The number of carbonyl (C=O) groups is 1. The van der Waals surface area contributed by atoms with E-state index in [1.807, 2.05) is 104 Å². The van der Waals surface area contributed by atoms with Gasteiger partial charge in [0.25, 0.3) is 11.5 Å². The van der Waals surface area contributed by atoms with Crippen molar-refractivity contribution in [3.63, 3.8) is 0 Å². The van der Waals surface area contributed by atoms with Gasteiger partial charge in [-0.2, -0.15) is 4.98 Å². The van der Waals surface area contributed by atoms with E-state index in [0.717, 1.165) is 27.8 Å². The number of aromatic amines is 1. The molecule has 6 aromatic rings. The third-order valence-electron chi connectivity index (χ3n) is 11.9. The Morgan fingerprint density at radius 3 is 2.06 bits per heavy atom. The van der Waals surface area contributed by atoms with Crippen molar-refractivity contribution in [2.75, 3.05) is 18.5 Å². The third-order valence-corrected chi connectivity index (χ3v) is 16.9. The van der Waals surface area contributed by atoms with Crippen LogP contribution in [0.5, 0.6) is 5.75 Å². The highest BCUT2D eigenvalue weighted by atomic mass is 31.2. The zero-order valence-electron chi connectivity index (χ0n) is 37.2. The average molecular weight is 910 g/mol. The van der Waals surface area contributed by atoms with Gasteiger partial charge < -0.3 is 28.4 Å². The number of aryl methyl sites for hydroxylation is 1. The van der Waals surface area contributed by atoms with Crippen LogP contribution >= 0.6 is 7.82 Å². The van der Waals surface area contributed by atoms with Crippen LogP contribution in [-0.2, 0) is 33.4 Å². The van der Waals surface area contributed by atoms with Gasteiger partial charge in [0.05, 0.1) is 12.9 Å². The molecule has 0 spiro atoms. The molecule has 17 heteroatoms. The first-order valence-corrected chi connectivity index (χ1v) is 25.6. The second-order valence-electron chi connectivity index (χ2n) is 17.9. The predicted octanol–water partition coefficient (Wildman–Crippen LogP) is 8.34. The number of rotatable bonds is 16. The van der Waals surface area contributed by atoms with Crippen LogP contribution in [0.1, 0.15) is 74.6 Å². The van der Waals surface area contributed by atoms with Crippen molar-refractivity contribution in [2.24, 2.45) is 0 Å². The Bertz CT molecular complexity index is 2610. The van der Waals surface area contributed by atoms with Crippen LogP contribution in [0.25, 0.3) is 11.2 Å². The zero-order valence-corrected chi connectivity index (χ0v) is 39.1. The molecule has 1 amide bonds. The molecule has 0 saturated carbocycles. The van der Waals surface area contributed by atoms with E-state index in [9.17, 15) is 23.9 Å². The number of carbonyl (C=O) groups excluding carboxylic acids is 1. The Morgan fingerprint density at radius 1 is 0.906 bits per heavy atom. The number of H-pyrrole nitrogens is 1. The number of anilines is 1. The Kier molecular flexibility index (Phi) is 13.6. The highest BCUT2D eigenvalue weighted by Gasteiger charge is 2.55. The first-order valence-electron chi connectivity index (χ1n) is 21.1. The number of benzene rings is 4. The van der Waals surface area contributed by atoms with Crippen LogP contribution in [0, 0.1) is 6.92 Å². The fourth-order valence-corrected chi connectivity index (χ4v) is 9.13. The van der Waals surface area contributed by atoms with Crippen molar-refractivity contribution < 1.29 is 42.3 Å². The Morgan fingerprint density at radius 2 is 1.50 bits per heavy atom. The first-order chi connectivity index (χ1) is 30.3. The van der Waals surface area contributed by atoms with E-state index in [1.165, 1.54) is 10.9 Å². The fourth-order valence-electron chi connectivity index (χ4n) is 7.50. The molecule has 3 heterocycles. The molecule has 2 aromatic heterocycles. The first kappa shape index (κ1) is 46.7. The fraction of sp³-hybridized carbons (Fsp3) is 0.362. The lowest BCUT2D eigenvalue weighted by Crippen LogP contribution is -2.52. The van der Waals surface area contributed by atoms with Crippen LogP contribution in [-0.4, -0.2) is 75.1 Å². The molecule has 4 atom stereocenters. The van der Waals surface area contributed by atoms with Crippen LogP contribution in [0.3, 0.4) is 0 Å². The smallest absolute Gasteiger partial charge is 0.469 e. The lowest BCUT2D eigenvalue weighted by molar-refractivity contribution is -0.118. The van der Waals surface area contributed by atoms with Gasteiger partial charge in [0.2, 0.25) is 5.95 Å². The van der Waals surface area contributed by atoms with E-state index < -0.39 is 64.4 Å². The standard InChI is InChI=1S/C47H56N5O10PSi/c1-30(2)32-21-25-36(26-22-32)58-28-38(53)49-45-50-42-39(43(54)51-45)48-29-52(42)44-41(62-64(7,8)46(4,5)6)40(37(60-44)27-59-63(55,56)57)61-47(33-15-11-9-12-16-33,34-17-13-10-14-18-34)35-23-19-31(3)20-24-35/h9-26,29-30,37,40-41,44H,27-28H2,1-8H3,(H2,55,56,57)(H2,49,50,51,53,54)/t37-,40-,41-,44?/m1/s1. The summed E-state index contributed by atoms with van der Waals surface area (Å²) in [6, 6.07) is 34.8. The number of hydrogen-bond donors (Lipinski definition) is 4. The molecule has 0 radical (unpaired) electrons. The minimum Gasteiger partial charge on any atom is -0.484 e. The van der Waals surface area contributed by atoms with Gasteiger partial charge in [-0.3, -0.25) is 29.0 Å². The molecule has 4 aromatic carbocycles. The lowest BCUT2D eigenvalue weighted by atomic mass is 9.79. The van der Waals surface area contributed by atoms with Crippen molar-refractivity contribution in [2.45, 2.75) is 95.7 Å². The number of imidazole rings is 1. The highest BCUT2D eigenvalue weighted by Crippen LogP contribution is 2.49. The summed E-state index contributed by atoms with van der Waals surface area (Å²) < 4.78 is 46.5. The van der Waals surface area contributed by atoms with Gasteiger partial charge in [-0.25, -0.2) is 9.55 Å². The van der Waals surface area contributed by atoms with E-state index >= 15 is 0 Å². The number of amides is 1. The maximum Gasteiger partial charge on any atom is 0.469 e. The lowest BCUT2D eigenvalue weighted by Gasteiger charge is -2.44. The van der Waals surface area contributed by atoms with E-state index in [1.54, 1.807) is 12.1 Å². The van der Waals surface area contributed by atoms with Gasteiger partial charge in [-0.05, 0) is 65.4 Å². The minimum atomic E-state index is -5.04. The molecule has 1 aliphatic rings. The largest absolute Gasteiger partial charge is 0.484 e. The number of fused-ring (bicyclic) bond motifs is 1. The second-order valence-corrected chi connectivity index (χ2v) is 23.9. The molecule has 15 nitrogen and oxygen atoms in total. The van der Waals surface area contributed by atoms with Crippen LogP contribution in [0.15, 0.2) is 120 Å². The molecule has 1 fully saturated rings. The summed E-state index contributed by atoms with van der Waals surface area (Å²) in [5.41, 5.74) is 2.50. The van der Waals surface area contributed by atoms with E-state index in [-0.39, 0.29) is 28.8 Å². The topological polar surface area (TPSA) is 196 Å². The van der Waals surface area contributed by atoms with Gasteiger partial charge in [0.1, 0.15) is 29.7 Å². The summed E-state index contributed by atoms with van der Waals surface area (Å²) in [6.45, 7) is 15.6. The molecule has 0 bridgehead atoms. The van der Waals surface area contributed by atoms with Crippen molar-refractivity contribution in [1.82, 2.24) is 19.5 Å². The number of nitrogens with zero attached hydrogens (tertiary/aromatic N) is 3. The Hall–Kier alpha value is -5.29. The maximum atomic E-state index is 13.6. The normalized spacial score (nSPS) is 18.4. The van der Waals surface area contributed by atoms with Crippen LogP contribution < -0.4 is 15.6 Å². The molecule has 1 aliphatic heterocycles. The van der Waals surface area contributed by atoms with Gasteiger partial charge in [0, 0.05) is 0 Å². The van der Waals surface area contributed by atoms with E-state index in [2.05, 4.69) is 68.0 Å². The number of aromatic nitrogens is 4. The van der Waals surface area contributed by atoms with Crippen molar-refractivity contribution in [3.8, 4) is 5.75 Å². The summed E-state index contributed by atoms with van der Waals surface area (Å²) in [5.74, 6) is 0.0969. The SMILES string of the molecule is Cc1ccc(C(O[C@@H]2[C@@H](COP(=O)(O)O)OC(n3cnc4c(=O)[nH]c(NC(=O)COc5ccc(C(C)C)cc5)nc43)[C@@H]2O[Si](C)(C)C(C)(C)C)(c2ccccc2)c2ccccc2)cc1. The summed E-state index contributed by atoms with van der Waals surface area (Å²) in [6.07, 6.45) is -3.05. The van der Waals surface area contributed by atoms with E-state index in [4.69, 9.17) is 23.2 Å². The number of hydrogen-bond acceptors (Lipinski definition) is 10. The van der Waals surface area contributed by atoms with Gasteiger partial charge in [-0.1, -0.05) is 137 Å². The highest BCUT2D eigenvalue weighted by molar-refractivity contribution is 7.46. The zero-order chi connectivity index (χ0) is 46.0. The van der Waals surface area contributed by atoms with Crippen molar-refractivity contribution in [3.05, 3.63) is 154 Å². The quantitative estimate of drug-likeness (QED) is 0.0412. The average Bonchev–Trinajstić information content (AvgIpc) is 3.82. The van der Waals surface area contributed by atoms with Crippen LogP contribution in [0.2, 0.25) is 18.1 Å². The van der Waals surface area contributed by atoms with Crippen molar-refractivity contribution >= 4 is 39.2 Å². The summed E-state index contributed by atoms with van der Waals surface area (Å²) in [5, 5.41) is 2.29. The molecular formula is C47H56N5O10PSi.